The second-order valence-electron chi connectivity index (χ2n) is 13.8. The van der Waals surface area contributed by atoms with E-state index in [-0.39, 0.29) is 37.7 Å². The summed E-state index contributed by atoms with van der Waals surface area (Å²) < 4.78 is 106. The van der Waals surface area contributed by atoms with Crippen LogP contribution in [-0.4, -0.2) is 48.8 Å². The van der Waals surface area contributed by atoms with Crippen LogP contribution in [0.3, 0.4) is 0 Å². The molecule has 5 rings (SSSR count). The highest BCUT2D eigenvalue weighted by atomic mass is 19.4. The Bertz CT molecular complexity index is 1270. The number of alkyl halides is 6. The second kappa shape index (κ2) is 14.1. The molecule has 0 radical (unpaired) electrons. The molecule has 7 atom stereocenters. The van der Waals surface area contributed by atoms with Crippen molar-refractivity contribution in [3.8, 4) is 0 Å². The first-order valence-electron chi connectivity index (χ1n) is 16.1. The minimum absolute atomic E-state index is 0.0261. The Hall–Kier alpha value is -2.22. The van der Waals surface area contributed by atoms with Gasteiger partial charge in [-0.1, -0.05) is 94.6 Å². The van der Waals surface area contributed by atoms with Crippen LogP contribution in [0.2, 0.25) is 0 Å². The van der Waals surface area contributed by atoms with Crippen molar-refractivity contribution < 1.29 is 40.6 Å². The number of fused-ring (bicyclic) bond motifs is 5. The van der Waals surface area contributed by atoms with E-state index < -0.39 is 54.7 Å². The zero-order valence-corrected chi connectivity index (χ0v) is 26.5. The normalized spacial score (nSPS) is 31.8. The van der Waals surface area contributed by atoms with E-state index in [2.05, 4.69) is 43.0 Å². The van der Waals surface area contributed by atoms with Crippen LogP contribution in [0.15, 0.2) is 54.6 Å². The first-order chi connectivity index (χ1) is 21.7. The molecule has 3 saturated heterocycles. The SMILES string of the molecule is CC(C)(C)c1cccc(CC2CCCCC[C@](OCc3ccccc3)(C(F)(F)F)C3NNC(O3)C3CCC(C(F)(F)F)C(N3)O2)c1. The highest BCUT2D eigenvalue weighted by molar-refractivity contribution is 5.29. The lowest BCUT2D eigenvalue weighted by Gasteiger charge is -2.42. The Morgan fingerprint density at radius 1 is 0.804 bits per heavy atom. The van der Waals surface area contributed by atoms with Gasteiger partial charge in [-0.15, -0.1) is 0 Å². The summed E-state index contributed by atoms with van der Waals surface area (Å²) in [4.78, 5) is 0. The fourth-order valence-electron chi connectivity index (χ4n) is 6.65. The molecule has 0 saturated carbocycles. The summed E-state index contributed by atoms with van der Waals surface area (Å²) in [6.45, 7) is 5.99. The predicted molar refractivity (Wildman–Crippen MR) is 161 cm³/mol. The van der Waals surface area contributed by atoms with Gasteiger partial charge in [-0.2, -0.15) is 26.3 Å². The van der Waals surface area contributed by atoms with Crippen LogP contribution in [-0.2, 0) is 32.7 Å². The minimum Gasteiger partial charge on any atom is -0.359 e. The Labute approximate surface area is 266 Å². The summed E-state index contributed by atoms with van der Waals surface area (Å²) in [5.74, 6) is -1.77. The van der Waals surface area contributed by atoms with Crippen molar-refractivity contribution in [2.75, 3.05) is 0 Å². The number of nitrogens with one attached hydrogen (secondary N) is 3. The van der Waals surface area contributed by atoms with Gasteiger partial charge in [-0.25, -0.2) is 10.9 Å². The molecule has 3 aliphatic heterocycles. The zero-order chi connectivity index (χ0) is 33.2. The number of ether oxygens (including phenoxy) is 3. The molecule has 0 spiro atoms. The van der Waals surface area contributed by atoms with Gasteiger partial charge < -0.3 is 14.2 Å². The van der Waals surface area contributed by atoms with Crippen LogP contribution in [0.4, 0.5) is 26.3 Å². The average Bonchev–Trinajstić information content (AvgIpc) is 3.48. The standard InChI is InChI=1S/C34H45F6N3O3/c1-31(2,3)24-14-10-13-23(19-24)20-25-15-8-5-9-18-32(34(38,39)40,44-21-22-11-6-4-7-12-22)30-43-42-29(46-30)27-17-16-26(33(35,36)37)28(41-27)45-25/h4,6-7,10-14,19,25-30,41-43H,5,8-9,15-18,20-21H2,1-3H3/t25?,26?,27?,28?,29?,30?,32-/m1/s1. The van der Waals surface area contributed by atoms with E-state index in [1.807, 2.05) is 18.2 Å². The predicted octanol–water partition coefficient (Wildman–Crippen LogP) is 7.43. The third kappa shape index (κ3) is 8.25. The van der Waals surface area contributed by atoms with Crippen LogP contribution < -0.4 is 16.2 Å². The van der Waals surface area contributed by atoms with Gasteiger partial charge in [0.1, 0.15) is 12.5 Å². The average molecular weight is 658 g/mol. The first-order valence-corrected chi connectivity index (χ1v) is 16.1. The zero-order valence-electron chi connectivity index (χ0n) is 26.5. The van der Waals surface area contributed by atoms with Crippen molar-refractivity contribution in [1.82, 2.24) is 16.2 Å². The lowest BCUT2D eigenvalue weighted by molar-refractivity contribution is -0.321. The van der Waals surface area contributed by atoms with Crippen LogP contribution in [0, 0.1) is 5.92 Å². The summed E-state index contributed by atoms with van der Waals surface area (Å²) in [5, 5.41) is 2.98. The monoisotopic (exact) mass is 657 g/mol. The Kier molecular flexibility index (Phi) is 10.8. The van der Waals surface area contributed by atoms with E-state index in [1.54, 1.807) is 30.3 Å². The maximum atomic E-state index is 15.1. The van der Waals surface area contributed by atoms with Crippen LogP contribution in [0.5, 0.6) is 0 Å². The van der Waals surface area contributed by atoms with Gasteiger partial charge in [0.05, 0.1) is 24.7 Å². The van der Waals surface area contributed by atoms with E-state index >= 15 is 13.2 Å². The van der Waals surface area contributed by atoms with E-state index in [9.17, 15) is 13.2 Å². The lowest BCUT2D eigenvalue weighted by Crippen LogP contribution is -2.61. The molecule has 0 amide bonds. The molecule has 6 nitrogen and oxygen atoms in total. The molecule has 4 bridgehead atoms. The number of hydrogen-bond acceptors (Lipinski definition) is 6. The van der Waals surface area contributed by atoms with Crippen molar-refractivity contribution in [3.05, 3.63) is 71.3 Å². The second-order valence-corrected chi connectivity index (χ2v) is 13.8. The molecule has 3 N–H and O–H groups in total. The quantitative estimate of drug-likeness (QED) is 0.291. The van der Waals surface area contributed by atoms with Crippen molar-refractivity contribution in [1.29, 1.82) is 0 Å². The van der Waals surface area contributed by atoms with Crippen molar-refractivity contribution in [2.24, 2.45) is 5.92 Å². The number of halogens is 6. The lowest BCUT2D eigenvalue weighted by atomic mass is 9.85. The fourth-order valence-corrected chi connectivity index (χ4v) is 6.65. The van der Waals surface area contributed by atoms with Gasteiger partial charge in [0.25, 0.3) is 0 Å². The fraction of sp³-hybridized carbons (Fsp3) is 0.647. The highest BCUT2D eigenvalue weighted by Crippen LogP contribution is 2.44. The molecule has 2 aromatic carbocycles. The Morgan fingerprint density at radius 2 is 1.54 bits per heavy atom. The molecule has 46 heavy (non-hydrogen) atoms. The minimum atomic E-state index is -4.80. The molecule has 256 valence electrons. The molecule has 6 unspecified atom stereocenters. The maximum absolute atomic E-state index is 15.1. The maximum Gasteiger partial charge on any atom is 0.421 e. The van der Waals surface area contributed by atoms with Crippen molar-refractivity contribution in [2.45, 2.75) is 133 Å². The number of hydrogen-bond donors (Lipinski definition) is 3. The molecule has 3 aliphatic rings. The summed E-state index contributed by atoms with van der Waals surface area (Å²) in [6, 6.07) is 15.8. The van der Waals surface area contributed by atoms with Crippen molar-refractivity contribution >= 4 is 0 Å². The first kappa shape index (κ1) is 35.1. The molecular weight excluding hydrogens is 612 g/mol. The Morgan fingerprint density at radius 3 is 2.24 bits per heavy atom. The van der Waals surface area contributed by atoms with E-state index in [0.29, 0.717) is 31.2 Å². The van der Waals surface area contributed by atoms with Crippen LogP contribution in [0.25, 0.3) is 0 Å². The van der Waals surface area contributed by atoms with E-state index in [4.69, 9.17) is 14.2 Å². The third-order valence-electron chi connectivity index (χ3n) is 9.37. The molecule has 12 heteroatoms. The van der Waals surface area contributed by atoms with Gasteiger partial charge >= 0.3 is 12.4 Å². The van der Waals surface area contributed by atoms with Gasteiger partial charge in [-0.05, 0) is 54.2 Å². The van der Waals surface area contributed by atoms with Gasteiger partial charge in [0.15, 0.2) is 6.23 Å². The van der Waals surface area contributed by atoms with Gasteiger partial charge in [-0.3, -0.25) is 5.32 Å². The highest BCUT2D eigenvalue weighted by Gasteiger charge is 2.63. The number of benzene rings is 2. The molecular formula is C34H45F6N3O3. The van der Waals surface area contributed by atoms with Crippen LogP contribution in [0.1, 0.15) is 82.4 Å². The summed E-state index contributed by atoms with van der Waals surface area (Å²) in [5.41, 5.74) is 5.23. The molecule has 0 aromatic heterocycles. The molecule has 2 aromatic rings. The van der Waals surface area contributed by atoms with Gasteiger partial charge in [0.2, 0.25) is 5.60 Å². The Balaban J connectivity index is 1.43. The summed E-state index contributed by atoms with van der Waals surface area (Å²) in [6.07, 6.45) is -12.7. The largest absolute Gasteiger partial charge is 0.421 e. The number of piperidine rings is 1. The number of hydrazine groups is 1. The van der Waals surface area contributed by atoms with Crippen molar-refractivity contribution in [3.63, 3.8) is 0 Å². The third-order valence-corrected chi connectivity index (χ3v) is 9.37. The van der Waals surface area contributed by atoms with E-state index in [0.717, 1.165) is 11.1 Å². The van der Waals surface area contributed by atoms with Crippen LogP contribution >= 0.6 is 0 Å². The van der Waals surface area contributed by atoms with E-state index in [1.165, 1.54) is 0 Å². The topological polar surface area (TPSA) is 63.8 Å². The number of rotatable bonds is 5. The summed E-state index contributed by atoms with van der Waals surface area (Å²) in [7, 11) is 0. The molecule has 0 aliphatic carbocycles. The molecule has 3 fully saturated rings. The smallest absolute Gasteiger partial charge is 0.359 e. The summed E-state index contributed by atoms with van der Waals surface area (Å²) >= 11 is 0. The molecule has 3 heterocycles. The van der Waals surface area contributed by atoms with Gasteiger partial charge in [0, 0.05) is 0 Å².